The van der Waals surface area contributed by atoms with Gasteiger partial charge in [0, 0.05) is 18.3 Å². The van der Waals surface area contributed by atoms with Crippen molar-refractivity contribution in [1.29, 1.82) is 0 Å². The van der Waals surface area contributed by atoms with Gasteiger partial charge in [0.15, 0.2) is 0 Å². The zero-order chi connectivity index (χ0) is 10.8. The van der Waals surface area contributed by atoms with Crippen molar-refractivity contribution in [3.05, 3.63) is 28.9 Å². The van der Waals surface area contributed by atoms with Gasteiger partial charge >= 0.3 is 5.69 Å². The summed E-state index contributed by atoms with van der Waals surface area (Å²) in [6.07, 6.45) is 3.42. The molecule has 2 rings (SSSR count). The number of aliphatic hydroxyl groups excluding tert-OH is 1. The Balaban J connectivity index is 2.25. The number of aromatic nitrogens is 2. The van der Waals surface area contributed by atoms with Crippen LogP contribution in [0, 0.1) is 5.92 Å². The number of aliphatic hydroxyl groups is 1. The van der Waals surface area contributed by atoms with Gasteiger partial charge in [-0.1, -0.05) is 6.92 Å². The van der Waals surface area contributed by atoms with Crippen molar-refractivity contribution in [2.75, 3.05) is 6.61 Å². The van der Waals surface area contributed by atoms with E-state index in [0.717, 1.165) is 6.42 Å². The van der Waals surface area contributed by atoms with Crippen LogP contribution in [-0.4, -0.2) is 27.4 Å². The number of hydrogen-bond donors (Lipinski definition) is 1. The van der Waals surface area contributed by atoms with Crippen molar-refractivity contribution < 1.29 is 9.84 Å². The quantitative estimate of drug-likeness (QED) is 0.755. The topological polar surface area (TPSA) is 64.3 Å². The Kier molecular flexibility index (Phi) is 2.83. The van der Waals surface area contributed by atoms with Crippen molar-refractivity contribution in [1.82, 2.24) is 9.55 Å². The van der Waals surface area contributed by atoms with Crippen LogP contribution in [0.25, 0.3) is 0 Å². The molecular weight excluding hydrogens is 196 g/mol. The Morgan fingerprint density at radius 3 is 3.13 bits per heavy atom. The molecule has 0 radical (unpaired) electrons. The summed E-state index contributed by atoms with van der Waals surface area (Å²) in [6.45, 7) is 2.00. The van der Waals surface area contributed by atoms with E-state index in [0.29, 0.717) is 0 Å². The zero-order valence-electron chi connectivity index (χ0n) is 8.54. The van der Waals surface area contributed by atoms with Crippen LogP contribution < -0.4 is 5.69 Å². The molecule has 1 aliphatic heterocycles. The van der Waals surface area contributed by atoms with Crippen LogP contribution in [0.4, 0.5) is 0 Å². The summed E-state index contributed by atoms with van der Waals surface area (Å²) in [4.78, 5) is 15.1. The van der Waals surface area contributed by atoms with E-state index in [9.17, 15) is 4.79 Å². The molecule has 0 spiro atoms. The lowest BCUT2D eigenvalue weighted by molar-refractivity contribution is -0.0336. The lowest BCUT2D eigenvalue weighted by atomic mass is 10.1. The predicted octanol–water partition coefficient (Wildman–Crippen LogP) is 0.159. The van der Waals surface area contributed by atoms with E-state index in [1.807, 2.05) is 6.92 Å². The van der Waals surface area contributed by atoms with E-state index in [4.69, 9.17) is 9.84 Å². The standard InChI is InChI=1S/C10H14N2O3/c1-7-5-8(6-13)15-9(7)12-4-2-3-11-10(12)14/h2-4,7-9,13H,5-6H2,1H3. The molecule has 82 valence electrons. The molecule has 0 aliphatic carbocycles. The first-order chi connectivity index (χ1) is 7.22. The van der Waals surface area contributed by atoms with E-state index in [-0.39, 0.29) is 30.5 Å². The first-order valence-corrected chi connectivity index (χ1v) is 5.02. The summed E-state index contributed by atoms with van der Waals surface area (Å²) in [5, 5.41) is 8.99. The van der Waals surface area contributed by atoms with Gasteiger partial charge in [-0.3, -0.25) is 4.57 Å². The fraction of sp³-hybridized carbons (Fsp3) is 0.600. The molecule has 15 heavy (non-hydrogen) atoms. The second-order valence-corrected chi connectivity index (χ2v) is 3.85. The van der Waals surface area contributed by atoms with Gasteiger partial charge in [0.25, 0.3) is 0 Å². The molecule has 1 saturated heterocycles. The molecule has 1 aromatic heterocycles. The smallest absolute Gasteiger partial charge is 0.349 e. The summed E-state index contributed by atoms with van der Waals surface area (Å²) in [6, 6.07) is 1.70. The third-order valence-corrected chi connectivity index (χ3v) is 2.67. The van der Waals surface area contributed by atoms with Crippen LogP contribution in [0.15, 0.2) is 23.3 Å². The highest BCUT2D eigenvalue weighted by molar-refractivity contribution is 4.86. The summed E-state index contributed by atoms with van der Waals surface area (Å²) in [5.74, 6) is 0.212. The third kappa shape index (κ3) is 1.93. The predicted molar refractivity (Wildman–Crippen MR) is 53.3 cm³/mol. The van der Waals surface area contributed by atoms with Gasteiger partial charge in [0.2, 0.25) is 0 Å². The minimum atomic E-state index is -0.312. The molecule has 3 atom stereocenters. The maximum absolute atomic E-state index is 11.5. The molecule has 5 nitrogen and oxygen atoms in total. The number of nitrogens with zero attached hydrogens (tertiary/aromatic N) is 2. The average Bonchev–Trinajstić information content (AvgIpc) is 2.60. The third-order valence-electron chi connectivity index (χ3n) is 2.67. The molecule has 1 N–H and O–H groups in total. The second-order valence-electron chi connectivity index (χ2n) is 3.85. The number of rotatable bonds is 2. The van der Waals surface area contributed by atoms with Crippen molar-refractivity contribution in [3.63, 3.8) is 0 Å². The normalized spacial score (nSPS) is 30.7. The SMILES string of the molecule is CC1CC(CO)OC1n1cccnc1=O. The van der Waals surface area contributed by atoms with Crippen molar-refractivity contribution in [2.45, 2.75) is 25.7 Å². The minimum Gasteiger partial charge on any atom is -0.394 e. The molecule has 3 unspecified atom stereocenters. The first-order valence-electron chi connectivity index (χ1n) is 5.02. The van der Waals surface area contributed by atoms with Gasteiger partial charge in [-0.05, 0) is 12.5 Å². The van der Waals surface area contributed by atoms with E-state index in [2.05, 4.69) is 4.98 Å². The van der Waals surface area contributed by atoms with E-state index < -0.39 is 0 Å². The summed E-state index contributed by atoms with van der Waals surface area (Å²) in [7, 11) is 0. The maximum atomic E-state index is 11.5. The molecule has 2 heterocycles. The summed E-state index contributed by atoms with van der Waals surface area (Å²) in [5.41, 5.74) is -0.312. The highest BCUT2D eigenvalue weighted by atomic mass is 16.5. The van der Waals surface area contributed by atoms with Gasteiger partial charge in [-0.15, -0.1) is 0 Å². The van der Waals surface area contributed by atoms with Crippen molar-refractivity contribution >= 4 is 0 Å². The highest BCUT2D eigenvalue weighted by Gasteiger charge is 2.33. The lowest BCUT2D eigenvalue weighted by Crippen LogP contribution is -2.28. The van der Waals surface area contributed by atoms with Gasteiger partial charge in [0.05, 0.1) is 12.7 Å². The van der Waals surface area contributed by atoms with Gasteiger partial charge in [-0.25, -0.2) is 9.78 Å². The number of hydrogen-bond acceptors (Lipinski definition) is 4. The molecule has 0 aromatic carbocycles. The molecule has 1 aliphatic rings. The zero-order valence-corrected chi connectivity index (χ0v) is 8.54. The first kappa shape index (κ1) is 10.3. The average molecular weight is 210 g/mol. The van der Waals surface area contributed by atoms with Crippen LogP contribution in [0.2, 0.25) is 0 Å². The summed E-state index contributed by atoms with van der Waals surface area (Å²) < 4.78 is 7.04. The molecule has 1 fully saturated rings. The van der Waals surface area contributed by atoms with Gasteiger partial charge < -0.3 is 9.84 Å². The minimum absolute atomic E-state index is 0.00411. The van der Waals surface area contributed by atoms with E-state index >= 15 is 0 Å². The highest BCUT2D eigenvalue weighted by Crippen LogP contribution is 2.32. The Bertz CT molecular complexity index is 390. The Morgan fingerprint density at radius 1 is 1.73 bits per heavy atom. The Morgan fingerprint density at radius 2 is 2.53 bits per heavy atom. The van der Waals surface area contributed by atoms with E-state index in [1.54, 1.807) is 12.3 Å². The van der Waals surface area contributed by atoms with Crippen molar-refractivity contribution in [3.8, 4) is 0 Å². The van der Waals surface area contributed by atoms with Crippen LogP contribution in [0.5, 0.6) is 0 Å². The van der Waals surface area contributed by atoms with Crippen LogP contribution in [0.1, 0.15) is 19.6 Å². The second kappa shape index (κ2) is 4.12. The van der Waals surface area contributed by atoms with Gasteiger partial charge in [-0.2, -0.15) is 0 Å². The fourth-order valence-corrected chi connectivity index (χ4v) is 1.94. The molecule has 0 amide bonds. The molecule has 5 heteroatoms. The van der Waals surface area contributed by atoms with Crippen LogP contribution in [0.3, 0.4) is 0 Å². The monoisotopic (exact) mass is 210 g/mol. The summed E-state index contributed by atoms with van der Waals surface area (Å²) >= 11 is 0. The fourth-order valence-electron chi connectivity index (χ4n) is 1.94. The number of ether oxygens (including phenoxy) is 1. The maximum Gasteiger partial charge on any atom is 0.349 e. The molecule has 1 aromatic rings. The van der Waals surface area contributed by atoms with Crippen LogP contribution in [-0.2, 0) is 4.74 Å². The largest absolute Gasteiger partial charge is 0.394 e. The lowest BCUT2D eigenvalue weighted by Gasteiger charge is -2.17. The molecular formula is C10H14N2O3. The molecule has 0 bridgehead atoms. The Labute approximate surface area is 87.3 Å². The van der Waals surface area contributed by atoms with Crippen molar-refractivity contribution in [2.24, 2.45) is 5.92 Å². The Hall–Kier alpha value is -1.20. The van der Waals surface area contributed by atoms with Crippen LogP contribution >= 0.6 is 0 Å². The van der Waals surface area contributed by atoms with E-state index in [1.165, 1.54) is 10.8 Å². The van der Waals surface area contributed by atoms with Gasteiger partial charge in [0.1, 0.15) is 6.23 Å². The molecule has 0 saturated carbocycles.